The van der Waals surface area contributed by atoms with Crippen molar-refractivity contribution in [3.8, 4) is 5.69 Å². The van der Waals surface area contributed by atoms with Crippen LogP contribution in [0.4, 0.5) is 0 Å². The van der Waals surface area contributed by atoms with E-state index in [-0.39, 0.29) is 5.91 Å². The minimum Gasteiger partial charge on any atom is -0.352 e. The van der Waals surface area contributed by atoms with Crippen molar-refractivity contribution in [1.82, 2.24) is 14.9 Å². The topological polar surface area (TPSA) is 46.9 Å². The minimum atomic E-state index is 0.00487. The number of carbonyl (C=O) groups is 1. The summed E-state index contributed by atoms with van der Waals surface area (Å²) in [6.07, 6.45) is 4.07. The summed E-state index contributed by atoms with van der Waals surface area (Å²) >= 11 is 3.43. The predicted molar refractivity (Wildman–Crippen MR) is 98.0 cm³/mol. The molecule has 1 N–H and O–H groups in total. The molecule has 0 unspecified atom stereocenters. The van der Waals surface area contributed by atoms with Gasteiger partial charge >= 0.3 is 0 Å². The van der Waals surface area contributed by atoms with Gasteiger partial charge in [0.1, 0.15) is 5.82 Å². The first-order valence-electron chi connectivity index (χ1n) is 7.73. The van der Waals surface area contributed by atoms with Gasteiger partial charge in [0.2, 0.25) is 5.91 Å². The summed E-state index contributed by atoms with van der Waals surface area (Å²) in [5.41, 5.74) is 3.08. The van der Waals surface area contributed by atoms with Crippen LogP contribution in [-0.4, -0.2) is 15.5 Å². The lowest BCUT2D eigenvalue weighted by Gasteiger charge is -2.12. The molecule has 0 aliphatic carbocycles. The number of hydrogen-bond acceptors (Lipinski definition) is 2. The van der Waals surface area contributed by atoms with E-state index in [1.54, 1.807) is 6.20 Å². The van der Waals surface area contributed by atoms with E-state index in [0.717, 1.165) is 27.1 Å². The summed E-state index contributed by atoms with van der Waals surface area (Å²) in [6, 6.07) is 15.8. The molecule has 0 saturated heterocycles. The molecule has 24 heavy (non-hydrogen) atoms. The average Bonchev–Trinajstić information content (AvgIpc) is 2.99. The van der Waals surface area contributed by atoms with Crippen LogP contribution in [0.15, 0.2) is 65.4 Å². The van der Waals surface area contributed by atoms with Crippen molar-refractivity contribution < 1.29 is 4.79 Å². The zero-order valence-corrected chi connectivity index (χ0v) is 15.0. The molecule has 0 saturated carbocycles. The molecule has 0 fully saturated rings. The van der Waals surface area contributed by atoms with Gasteiger partial charge in [0.15, 0.2) is 0 Å². The summed E-state index contributed by atoms with van der Waals surface area (Å²) in [5, 5.41) is 3.00. The molecular formula is C19H18BrN3O. The standard InChI is InChI=1S/C19H18BrN3O/c1-14-21-9-10-23(14)18-8-3-2-6-16(18)13-22-19(24)12-15-5-4-7-17(20)11-15/h2-11H,12-13H2,1H3,(H,22,24). The Morgan fingerprint density at radius 2 is 2.04 bits per heavy atom. The number of aromatic nitrogens is 2. The van der Waals surface area contributed by atoms with Crippen LogP contribution in [0.5, 0.6) is 0 Å². The van der Waals surface area contributed by atoms with Gasteiger partial charge in [0, 0.05) is 23.4 Å². The van der Waals surface area contributed by atoms with Crippen LogP contribution < -0.4 is 5.32 Å². The molecule has 0 atom stereocenters. The van der Waals surface area contributed by atoms with E-state index in [0.29, 0.717) is 13.0 Å². The minimum absolute atomic E-state index is 0.00487. The van der Waals surface area contributed by atoms with Gasteiger partial charge in [-0.25, -0.2) is 4.98 Å². The quantitative estimate of drug-likeness (QED) is 0.728. The number of rotatable bonds is 5. The number of aryl methyl sites for hydroxylation is 1. The van der Waals surface area contributed by atoms with E-state index in [1.807, 2.05) is 66.2 Å². The molecule has 5 heteroatoms. The van der Waals surface area contributed by atoms with Crippen LogP contribution in [0.2, 0.25) is 0 Å². The van der Waals surface area contributed by atoms with Crippen molar-refractivity contribution >= 4 is 21.8 Å². The van der Waals surface area contributed by atoms with Crippen LogP contribution in [0.1, 0.15) is 17.0 Å². The fourth-order valence-corrected chi connectivity index (χ4v) is 3.06. The Morgan fingerprint density at radius 1 is 1.21 bits per heavy atom. The highest BCUT2D eigenvalue weighted by Crippen LogP contribution is 2.16. The van der Waals surface area contributed by atoms with Crippen molar-refractivity contribution in [3.63, 3.8) is 0 Å². The van der Waals surface area contributed by atoms with E-state index < -0.39 is 0 Å². The summed E-state index contributed by atoms with van der Waals surface area (Å²) in [6.45, 7) is 2.45. The molecule has 2 aromatic carbocycles. The van der Waals surface area contributed by atoms with Gasteiger partial charge in [-0.2, -0.15) is 0 Å². The number of halogens is 1. The largest absolute Gasteiger partial charge is 0.352 e. The highest BCUT2D eigenvalue weighted by atomic mass is 79.9. The van der Waals surface area contributed by atoms with Crippen LogP contribution >= 0.6 is 15.9 Å². The number of hydrogen-bond donors (Lipinski definition) is 1. The second kappa shape index (κ2) is 7.45. The molecule has 0 radical (unpaired) electrons. The van der Waals surface area contributed by atoms with Gasteiger partial charge in [-0.15, -0.1) is 0 Å². The molecule has 1 amide bonds. The van der Waals surface area contributed by atoms with Gasteiger partial charge in [-0.1, -0.05) is 46.3 Å². The molecule has 0 bridgehead atoms. The molecule has 1 aromatic heterocycles. The van der Waals surface area contributed by atoms with Crippen molar-refractivity contribution in [2.45, 2.75) is 19.9 Å². The Balaban J connectivity index is 1.69. The molecule has 0 aliphatic heterocycles. The predicted octanol–water partition coefficient (Wildman–Crippen LogP) is 3.80. The van der Waals surface area contributed by atoms with Gasteiger partial charge in [-0.3, -0.25) is 4.79 Å². The van der Waals surface area contributed by atoms with Gasteiger partial charge in [0.05, 0.1) is 12.1 Å². The van der Waals surface area contributed by atoms with Gasteiger partial charge in [-0.05, 0) is 36.2 Å². The first-order chi connectivity index (χ1) is 11.6. The summed E-state index contributed by atoms with van der Waals surface area (Å²) in [5.74, 6) is 0.924. The van der Waals surface area contributed by atoms with Gasteiger partial charge < -0.3 is 9.88 Å². The maximum Gasteiger partial charge on any atom is 0.224 e. The SMILES string of the molecule is Cc1nccn1-c1ccccc1CNC(=O)Cc1cccc(Br)c1. The first-order valence-corrected chi connectivity index (χ1v) is 8.52. The lowest BCUT2D eigenvalue weighted by Crippen LogP contribution is -2.25. The van der Waals surface area contributed by atoms with Crippen molar-refractivity contribution in [1.29, 1.82) is 0 Å². The average molecular weight is 384 g/mol. The molecule has 3 aromatic rings. The summed E-state index contributed by atoms with van der Waals surface area (Å²) < 4.78 is 3.00. The summed E-state index contributed by atoms with van der Waals surface area (Å²) in [4.78, 5) is 16.5. The Hall–Kier alpha value is -2.40. The Bertz CT molecular complexity index is 857. The van der Waals surface area contributed by atoms with Crippen LogP contribution in [0, 0.1) is 6.92 Å². The lowest BCUT2D eigenvalue weighted by atomic mass is 10.1. The van der Waals surface area contributed by atoms with Crippen molar-refractivity contribution in [2.75, 3.05) is 0 Å². The third kappa shape index (κ3) is 3.92. The fraction of sp³-hybridized carbons (Fsp3) is 0.158. The van der Waals surface area contributed by atoms with Crippen LogP contribution in [0.3, 0.4) is 0 Å². The van der Waals surface area contributed by atoms with E-state index in [1.165, 1.54) is 0 Å². The number of nitrogens with zero attached hydrogens (tertiary/aromatic N) is 2. The zero-order chi connectivity index (χ0) is 16.9. The van der Waals surface area contributed by atoms with E-state index >= 15 is 0 Å². The smallest absolute Gasteiger partial charge is 0.224 e. The number of imidazole rings is 1. The Labute approximate surface area is 149 Å². The monoisotopic (exact) mass is 383 g/mol. The molecule has 0 aliphatic rings. The molecule has 1 heterocycles. The number of benzene rings is 2. The number of amides is 1. The van der Waals surface area contributed by atoms with Crippen molar-refractivity contribution in [2.24, 2.45) is 0 Å². The van der Waals surface area contributed by atoms with Gasteiger partial charge in [0.25, 0.3) is 0 Å². The lowest BCUT2D eigenvalue weighted by molar-refractivity contribution is -0.120. The molecule has 4 nitrogen and oxygen atoms in total. The van der Waals surface area contributed by atoms with E-state index in [4.69, 9.17) is 0 Å². The highest BCUT2D eigenvalue weighted by molar-refractivity contribution is 9.10. The fourth-order valence-electron chi connectivity index (χ4n) is 2.62. The number of carbonyl (C=O) groups excluding carboxylic acids is 1. The van der Waals surface area contributed by atoms with Crippen molar-refractivity contribution in [3.05, 3.63) is 82.3 Å². The third-order valence-corrected chi connectivity index (χ3v) is 4.30. The van der Waals surface area contributed by atoms with Crippen LogP contribution in [-0.2, 0) is 17.8 Å². The normalized spacial score (nSPS) is 10.6. The Kier molecular flexibility index (Phi) is 5.11. The Morgan fingerprint density at radius 3 is 2.79 bits per heavy atom. The zero-order valence-electron chi connectivity index (χ0n) is 13.4. The van der Waals surface area contributed by atoms with Crippen LogP contribution in [0.25, 0.3) is 5.69 Å². The molecule has 0 spiro atoms. The third-order valence-electron chi connectivity index (χ3n) is 3.81. The maximum absolute atomic E-state index is 12.2. The summed E-state index contributed by atoms with van der Waals surface area (Å²) in [7, 11) is 0. The second-order valence-electron chi connectivity index (χ2n) is 5.56. The molecule has 122 valence electrons. The van der Waals surface area contributed by atoms with E-state index in [2.05, 4.69) is 26.2 Å². The number of para-hydroxylation sites is 1. The highest BCUT2D eigenvalue weighted by Gasteiger charge is 2.08. The number of nitrogens with one attached hydrogen (secondary N) is 1. The molecule has 3 rings (SSSR count). The maximum atomic E-state index is 12.2. The first kappa shape index (κ1) is 16.5. The molecular weight excluding hydrogens is 366 g/mol. The second-order valence-corrected chi connectivity index (χ2v) is 6.47. The van der Waals surface area contributed by atoms with E-state index in [9.17, 15) is 4.79 Å².